The summed E-state index contributed by atoms with van der Waals surface area (Å²) in [5, 5.41) is 9.84. The van der Waals surface area contributed by atoms with E-state index in [4.69, 9.17) is 9.47 Å². The molecule has 27 heavy (non-hydrogen) atoms. The monoisotopic (exact) mass is 382 g/mol. The van der Waals surface area contributed by atoms with E-state index in [2.05, 4.69) is 25.8 Å². The van der Waals surface area contributed by atoms with E-state index >= 15 is 0 Å². The lowest BCUT2D eigenvalue weighted by molar-refractivity contribution is 0.0953. The van der Waals surface area contributed by atoms with E-state index in [1.165, 1.54) is 5.56 Å². The number of hydrogen-bond donors (Lipinski definition) is 0. The number of ether oxygens (including phenoxy) is 2. The van der Waals surface area contributed by atoms with Crippen LogP contribution in [0.2, 0.25) is 0 Å². The summed E-state index contributed by atoms with van der Waals surface area (Å²) in [5.74, 6) is 2.50. The van der Waals surface area contributed by atoms with Crippen molar-refractivity contribution < 1.29 is 9.47 Å². The van der Waals surface area contributed by atoms with Gasteiger partial charge in [-0.25, -0.2) is 0 Å². The summed E-state index contributed by atoms with van der Waals surface area (Å²) in [6, 6.07) is 12.0. The number of rotatable bonds is 7. The molecule has 1 fully saturated rings. The molecule has 1 aliphatic rings. The molecule has 0 saturated carbocycles. The summed E-state index contributed by atoms with van der Waals surface area (Å²) in [4.78, 5) is 4.18. The average molecular weight is 382 g/mol. The quantitative estimate of drug-likeness (QED) is 0.579. The van der Waals surface area contributed by atoms with Crippen LogP contribution in [-0.2, 0) is 17.0 Å². The molecule has 140 valence electrons. The minimum Gasteiger partial charge on any atom is -0.497 e. The van der Waals surface area contributed by atoms with Gasteiger partial charge in [-0.1, -0.05) is 17.8 Å². The van der Waals surface area contributed by atoms with E-state index in [1.54, 1.807) is 25.1 Å². The van der Waals surface area contributed by atoms with Gasteiger partial charge in [0.15, 0.2) is 11.0 Å². The minimum atomic E-state index is 0.218. The number of aromatic nitrogens is 4. The molecule has 0 bridgehead atoms. The lowest BCUT2D eigenvalue weighted by atomic mass is 10.2. The van der Waals surface area contributed by atoms with Crippen molar-refractivity contribution in [3.8, 4) is 17.1 Å². The highest BCUT2D eigenvalue weighted by Crippen LogP contribution is 2.29. The van der Waals surface area contributed by atoms with E-state index in [9.17, 15) is 0 Å². The smallest absolute Gasteiger partial charge is 0.191 e. The van der Waals surface area contributed by atoms with Crippen LogP contribution in [0.25, 0.3) is 11.4 Å². The Morgan fingerprint density at radius 3 is 2.81 bits per heavy atom. The van der Waals surface area contributed by atoms with E-state index < -0.39 is 0 Å². The maximum absolute atomic E-state index is 5.86. The number of thioether (sulfide) groups is 1. The first-order valence-electron chi connectivity index (χ1n) is 9.04. The van der Waals surface area contributed by atoms with Crippen LogP contribution in [-0.4, -0.2) is 39.6 Å². The summed E-state index contributed by atoms with van der Waals surface area (Å²) in [5.41, 5.74) is 2.19. The van der Waals surface area contributed by atoms with E-state index in [1.807, 2.05) is 36.5 Å². The molecule has 3 heterocycles. The van der Waals surface area contributed by atoms with E-state index in [0.29, 0.717) is 0 Å². The van der Waals surface area contributed by atoms with Crippen LogP contribution in [0.3, 0.4) is 0 Å². The van der Waals surface area contributed by atoms with Crippen LogP contribution in [0.1, 0.15) is 18.4 Å². The van der Waals surface area contributed by atoms with E-state index in [0.717, 1.165) is 54.0 Å². The number of methoxy groups -OCH3 is 1. The molecule has 4 rings (SSSR count). The second-order valence-corrected chi connectivity index (χ2v) is 7.37. The predicted octanol–water partition coefficient (Wildman–Crippen LogP) is 3.82. The summed E-state index contributed by atoms with van der Waals surface area (Å²) in [7, 11) is 1.67. The molecule has 1 unspecified atom stereocenters. The van der Waals surface area contributed by atoms with Gasteiger partial charge in [0, 0.05) is 30.3 Å². The third-order valence-corrected chi connectivity index (χ3v) is 5.60. The second-order valence-electron chi connectivity index (χ2n) is 6.43. The topological polar surface area (TPSA) is 62.1 Å². The van der Waals surface area contributed by atoms with Crippen LogP contribution in [0.4, 0.5) is 0 Å². The number of nitrogens with zero attached hydrogens (tertiary/aromatic N) is 4. The fourth-order valence-corrected chi connectivity index (χ4v) is 4.02. The Bertz CT molecular complexity index is 861. The molecule has 3 aromatic rings. The zero-order valence-electron chi connectivity index (χ0n) is 15.2. The fourth-order valence-electron chi connectivity index (χ4n) is 3.14. The Hall–Kier alpha value is -2.38. The molecule has 1 aromatic carbocycles. The lowest BCUT2D eigenvalue weighted by Gasteiger charge is -2.15. The van der Waals surface area contributed by atoms with Gasteiger partial charge in [-0.15, -0.1) is 10.2 Å². The number of benzene rings is 1. The second kappa shape index (κ2) is 8.54. The largest absolute Gasteiger partial charge is 0.497 e. The summed E-state index contributed by atoms with van der Waals surface area (Å²) in [6.07, 6.45) is 6.08. The molecule has 1 atom stereocenters. The highest BCUT2D eigenvalue weighted by atomic mass is 32.2. The highest BCUT2D eigenvalue weighted by molar-refractivity contribution is 7.98. The zero-order valence-corrected chi connectivity index (χ0v) is 16.1. The van der Waals surface area contributed by atoms with Gasteiger partial charge in [0.1, 0.15) is 5.75 Å². The van der Waals surface area contributed by atoms with E-state index in [-0.39, 0.29) is 6.10 Å². The average Bonchev–Trinajstić information content (AvgIpc) is 3.38. The molecule has 1 aliphatic heterocycles. The maximum Gasteiger partial charge on any atom is 0.191 e. The van der Waals surface area contributed by atoms with Crippen LogP contribution >= 0.6 is 11.8 Å². The Balaban J connectivity index is 1.60. The molecule has 0 spiro atoms. The molecule has 7 heteroatoms. The molecule has 0 radical (unpaired) electrons. The third kappa shape index (κ3) is 4.31. The molecule has 0 amide bonds. The Morgan fingerprint density at radius 2 is 2.11 bits per heavy atom. The lowest BCUT2D eigenvalue weighted by Crippen LogP contribution is -2.16. The first-order chi connectivity index (χ1) is 13.3. The summed E-state index contributed by atoms with van der Waals surface area (Å²) < 4.78 is 13.3. The SMILES string of the molecule is COc1ccc(-c2nnc(SCc3cccnc3)n2CC2CCCO2)cc1. The van der Waals surface area contributed by atoms with Gasteiger partial charge in [0.25, 0.3) is 0 Å². The van der Waals surface area contributed by atoms with Crippen molar-refractivity contribution in [1.29, 1.82) is 0 Å². The van der Waals surface area contributed by atoms with Gasteiger partial charge < -0.3 is 9.47 Å². The normalized spacial score (nSPS) is 16.6. The van der Waals surface area contributed by atoms with Crippen LogP contribution < -0.4 is 4.74 Å². The van der Waals surface area contributed by atoms with Crippen molar-refractivity contribution in [1.82, 2.24) is 19.7 Å². The molecule has 0 aliphatic carbocycles. The highest BCUT2D eigenvalue weighted by Gasteiger charge is 2.21. The van der Waals surface area contributed by atoms with Crippen LogP contribution in [0.15, 0.2) is 53.9 Å². The summed E-state index contributed by atoms with van der Waals surface area (Å²) >= 11 is 1.68. The molecular formula is C20H22N4O2S. The van der Waals surface area contributed by atoms with Crippen molar-refractivity contribution in [2.45, 2.75) is 36.4 Å². The number of pyridine rings is 1. The molecule has 1 saturated heterocycles. The molecule has 6 nitrogen and oxygen atoms in total. The molecular weight excluding hydrogens is 360 g/mol. The van der Waals surface area contributed by atoms with Crippen molar-refractivity contribution >= 4 is 11.8 Å². The molecule has 0 N–H and O–H groups in total. The maximum atomic E-state index is 5.86. The zero-order chi connectivity index (χ0) is 18.5. The molecule has 2 aromatic heterocycles. The standard InChI is InChI=1S/C20H22N4O2S/c1-25-17-8-6-16(7-9-17)19-22-23-20(24(19)13-18-5-3-11-26-18)27-14-15-4-2-10-21-12-15/h2,4,6-10,12,18H,3,5,11,13-14H2,1H3. The Labute approximate surface area is 162 Å². The Morgan fingerprint density at radius 1 is 1.22 bits per heavy atom. The summed E-state index contributed by atoms with van der Waals surface area (Å²) in [6.45, 7) is 1.60. The van der Waals surface area contributed by atoms with Crippen LogP contribution in [0.5, 0.6) is 5.75 Å². The van der Waals surface area contributed by atoms with Gasteiger partial charge in [0.2, 0.25) is 0 Å². The van der Waals surface area contributed by atoms with Crippen LogP contribution in [0, 0.1) is 0 Å². The fraction of sp³-hybridized carbons (Fsp3) is 0.350. The minimum absolute atomic E-state index is 0.218. The predicted molar refractivity (Wildman–Crippen MR) is 105 cm³/mol. The van der Waals surface area contributed by atoms with Gasteiger partial charge in [0.05, 0.1) is 19.8 Å². The van der Waals surface area contributed by atoms with Crippen molar-refractivity contribution in [3.63, 3.8) is 0 Å². The first-order valence-corrected chi connectivity index (χ1v) is 10.0. The van der Waals surface area contributed by atoms with Gasteiger partial charge in [-0.3, -0.25) is 9.55 Å². The number of hydrogen-bond acceptors (Lipinski definition) is 6. The van der Waals surface area contributed by atoms with Crippen molar-refractivity contribution in [2.75, 3.05) is 13.7 Å². The van der Waals surface area contributed by atoms with Gasteiger partial charge in [-0.05, 0) is 48.7 Å². The first kappa shape index (κ1) is 18.0. The van der Waals surface area contributed by atoms with Crippen molar-refractivity contribution in [2.24, 2.45) is 0 Å². The van der Waals surface area contributed by atoms with Gasteiger partial charge in [-0.2, -0.15) is 0 Å². The van der Waals surface area contributed by atoms with Crippen molar-refractivity contribution in [3.05, 3.63) is 54.4 Å². The Kier molecular flexibility index (Phi) is 5.69. The van der Waals surface area contributed by atoms with Gasteiger partial charge >= 0.3 is 0 Å². The third-order valence-electron chi connectivity index (χ3n) is 4.57.